The van der Waals surface area contributed by atoms with Gasteiger partial charge in [0.2, 0.25) is 0 Å². The molecule has 0 aliphatic carbocycles. The smallest absolute Gasteiger partial charge is 0.407 e. The van der Waals surface area contributed by atoms with E-state index in [-0.39, 0.29) is 5.92 Å². The number of ether oxygens (including phenoxy) is 2. The van der Waals surface area contributed by atoms with Gasteiger partial charge >= 0.3 is 6.09 Å². The van der Waals surface area contributed by atoms with Crippen LogP contribution in [0.15, 0.2) is 66.9 Å². The molecule has 3 atom stereocenters. The zero-order valence-corrected chi connectivity index (χ0v) is 23.2. The summed E-state index contributed by atoms with van der Waals surface area (Å²) >= 11 is 1.70. The van der Waals surface area contributed by atoms with Crippen molar-refractivity contribution in [2.24, 2.45) is 0 Å². The van der Waals surface area contributed by atoms with Crippen molar-refractivity contribution in [2.45, 2.75) is 76.5 Å². The first-order chi connectivity index (χ1) is 17.7. The van der Waals surface area contributed by atoms with Gasteiger partial charge < -0.3 is 19.9 Å². The molecule has 2 N–H and O–H groups in total. The molecule has 1 heterocycles. The molecule has 6 nitrogen and oxygen atoms in total. The molecule has 3 rings (SSSR count). The first-order valence-corrected chi connectivity index (χ1v) is 13.7. The number of thiazole rings is 1. The number of aliphatic hydroxyl groups excluding tert-OH is 1. The van der Waals surface area contributed by atoms with Gasteiger partial charge in [-0.1, -0.05) is 60.7 Å². The molecule has 0 bridgehead atoms. The number of aliphatic hydroxyl groups is 1. The number of nitrogens with one attached hydrogen (secondary N) is 1. The third-order valence-electron chi connectivity index (χ3n) is 6.01. The summed E-state index contributed by atoms with van der Waals surface area (Å²) < 4.78 is 10.7. The van der Waals surface area contributed by atoms with Crippen LogP contribution in [0.2, 0.25) is 0 Å². The summed E-state index contributed by atoms with van der Waals surface area (Å²) in [6.07, 6.45) is 4.22. The highest BCUT2D eigenvalue weighted by atomic mass is 32.1. The number of alkyl carbamates (subject to hydrolysis) is 1. The number of hydrogen-bond donors (Lipinski definition) is 2. The molecule has 7 heteroatoms. The quantitative estimate of drug-likeness (QED) is 0.271. The Bertz CT molecular complexity index is 1070. The lowest BCUT2D eigenvalue weighted by Crippen LogP contribution is -2.47. The SMILES string of the molecule is COCCCc1cnc(C(Cc2ccccc2)C[C@H](O)[C@H](Cc2ccccc2)NC(=O)OC(C)(C)C)s1. The van der Waals surface area contributed by atoms with E-state index in [1.165, 1.54) is 10.4 Å². The Balaban J connectivity index is 1.80. The monoisotopic (exact) mass is 524 g/mol. The molecule has 0 aliphatic heterocycles. The number of carbonyl (C=O) groups excluding carboxylic acids is 1. The Morgan fingerprint density at radius 2 is 1.65 bits per heavy atom. The summed E-state index contributed by atoms with van der Waals surface area (Å²) in [6.45, 7) is 6.21. The van der Waals surface area contributed by atoms with Gasteiger partial charge in [-0.05, 0) is 64.0 Å². The van der Waals surface area contributed by atoms with Gasteiger partial charge in [0.25, 0.3) is 0 Å². The summed E-state index contributed by atoms with van der Waals surface area (Å²) in [6, 6.07) is 19.7. The van der Waals surface area contributed by atoms with Gasteiger partial charge in [-0.3, -0.25) is 0 Å². The van der Waals surface area contributed by atoms with Crippen LogP contribution in [0.5, 0.6) is 0 Å². The highest BCUT2D eigenvalue weighted by molar-refractivity contribution is 7.11. The van der Waals surface area contributed by atoms with Crippen LogP contribution in [0.4, 0.5) is 4.79 Å². The molecule has 3 aromatic rings. The van der Waals surface area contributed by atoms with E-state index < -0.39 is 23.8 Å². The van der Waals surface area contributed by atoms with Crippen LogP contribution in [0.25, 0.3) is 0 Å². The second-order valence-corrected chi connectivity index (χ2v) is 11.5. The third-order valence-corrected chi connectivity index (χ3v) is 7.23. The lowest BCUT2D eigenvalue weighted by molar-refractivity contribution is 0.0405. The van der Waals surface area contributed by atoms with Crippen molar-refractivity contribution < 1.29 is 19.4 Å². The minimum Gasteiger partial charge on any atom is -0.444 e. The zero-order chi connectivity index (χ0) is 26.7. The maximum absolute atomic E-state index is 12.7. The van der Waals surface area contributed by atoms with E-state index in [1.807, 2.05) is 75.5 Å². The van der Waals surface area contributed by atoms with Crippen molar-refractivity contribution in [1.82, 2.24) is 10.3 Å². The molecular formula is C30H40N2O4S. The fourth-order valence-electron chi connectivity index (χ4n) is 4.25. The normalized spacial score (nSPS) is 14.1. The van der Waals surface area contributed by atoms with Crippen molar-refractivity contribution in [3.05, 3.63) is 87.9 Å². The summed E-state index contributed by atoms with van der Waals surface area (Å²) in [5.74, 6) is 0.0114. The van der Waals surface area contributed by atoms with Crippen molar-refractivity contribution in [3.63, 3.8) is 0 Å². The number of amides is 1. The maximum Gasteiger partial charge on any atom is 0.407 e. The molecule has 0 saturated heterocycles. The molecule has 1 amide bonds. The molecule has 0 radical (unpaired) electrons. The minimum absolute atomic E-state index is 0.0114. The Labute approximate surface area is 225 Å². The lowest BCUT2D eigenvalue weighted by atomic mass is 9.89. The lowest BCUT2D eigenvalue weighted by Gasteiger charge is -2.29. The predicted octanol–water partition coefficient (Wildman–Crippen LogP) is 5.94. The minimum atomic E-state index is -0.790. The van der Waals surface area contributed by atoms with E-state index in [2.05, 4.69) is 17.4 Å². The molecule has 200 valence electrons. The predicted molar refractivity (Wildman–Crippen MR) is 149 cm³/mol. The number of rotatable bonds is 13. The molecule has 37 heavy (non-hydrogen) atoms. The fraction of sp³-hybridized carbons (Fsp3) is 0.467. The highest BCUT2D eigenvalue weighted by Gasteiger charge is 2.29. The molecule has 0 spiro atoms. The van der Waals surface area contributed by atoms with Gasteiger partial charge in [-0.25, -0.2) is 9.78 Å². The molecule has 0 saturated carbocycles. The van der Waals surface area contributed by atoms with Crippen LogP contribution in [-0.2, 0) is 28.7 Å². The molecule has 0 fully saturated rings. The Morgan fingerprint density at radius 1 is 1.03 bits per heavy atom. The van der Waals surface area contributed by atoms with Crippen molar-refractivity contribution >= 4 is 17.4 Å². The molecule has 1 aromatic heterocycles. The number of aryl methyl sites for hydroxylation is 1. The van der Waals surface area contributed by atoms with E-state index >= 15 is 0 Å². The summed E-state index contributed by atoms with van der Waals surface area (Å²) in [5.41, 5.74) is 1.61. The number of carbonyl (C=O) groups is 1. The van der Waals surface area contributed by atoms with Crippen molar-refractivity contribution in [2.75, 3.05) is 13.7 Å². The summed E-state index contributed by atoms with van der Waals surface area (Å²) in [5, 5.41) is 15.4. The van der Waals surface area contributed by atoms with Gasteiger partial charge in [-0.2, -0.15) is 0 Å². The second-order valence-electron chi connectivity index (χ2n) is 10.4. The van der Waals surface area contributed by atoms with Crippen LogP contribution in [-0.4, -0.2) is 47.6 Å². The first kappa shape index (κ1) is 28.8. The maximum atomic E-state index is 12.7. The van der Waals surface area contributed by atoms with Crippen molar-refractivity contribution in [3.8, 4) is 0 Å². The van der Waals surface area contributed by atoms with Crippen LogP contribution < -0.4 is 5.32 Å². The van der Waals surface area contributed by atoms with E-state index in [0.29, 0.717) is 12.8 Å². The molecule has 2 aromatic carbocycles. The number of methoxy groups -OCH3 is 1. The standard InChI is InChI=1S/C30H40N2O4S/c1-30(2,3)36-29(34)32-26(19-23-14-9-6-10-15-23)27(33)20-24(18-22-12-7-5-8-13-22)28-31-21-25(37-28)16-11-17-35-4/h5-10,12-15,21,24,26-27,33H,11,16-20H2,1-4H3,(H,32,34)/t24?,26-,27-/m0/s1. The topological polar surface area (TPSA) is 80.7 Å². The molecular weight excluding hydrogens is 484 g/mol. The summed E-state index contributed by atoms with van der Waals surface area (Å²) in [4.78, 5) is 18.6. The molecule has 1 unspecified atom stereocenters. The zero-order valence-electron chi connectivity index (χ0n) is 22.4. The average molecular weight is 525 g/mol. The number of hydrogen-bond acceptors (Lipinski definition) is 6. The number of aromatic nitrogens is 1. The van der Waals surface area contributed by atoms with Crippen LogP contribution in [0.1, 0.15) is 60.5 Å². The van der Waals surface area contributed by atoms with Gasteiger partial charge in [0.15, 0.2) is 0 Å². The summed E-state index contributed by atoms with van der Waals surface area (Å²) in [7, 11) is 1.71. The van der Waals surface area contributed by atoms with E-state index in [1.54, 1.807) is 18.4 Å². The van der Waals surface area contributed by atoms with Crippen molar-refractivity contribution in [1.29, 1.82) is 0 Å². The van der Waals surface area contributed by atoms with E-state index in [4.69, 9.17) is 14.5 Å². The van der Waals surface area contributed by atoms with Crippen LogP contribution in [0, 0.1) is 0 Å². The van der Waals surface area contributed by atoms with Crippen LogP contribution >= 0.6 is 11.3 Å². The first-order valence-electron chi connectivity index (χ1n) is 12.9. The Morgan fingerprint density at radius 3 is 2.24 bits per heavy atom. The average Bonchev–Trinajstić information content (AvgIpc) is 3.32. The largest absolute Gasteiger partial charge is 0.444 e. The van der Waals surface area contributed by atoms with E-state index in [9.17, 15) is 9.90 Å². The van der Waals surface area contributed by atoms with Gasteiger partial charge in [0.05, 0.1) is 17.2 Å². The van der Waals surface area contributed by atoms with Crippen LogP contribution in [0.3, 0.4) is 0 Å². The number of nitrogens with zero attached hydrogens (tertiary/aromatic N) is 1. The number of benzene rings is 2. The Kier molecular flexibility index (Phi) is 11.1. The third kappa shape index (κ3) is 10.3. The van der Waals surface area contributed by atoms with Gasteiger partial charge in [0, 0.05) is 30.7 Å². The fourth-order valence-corrected chi connectivity index (χ4v) is 5.33. The van der Waals surface area contributed by atoms with Gasteiger partial charge in [-0.15, -0.1) is 11.3 Å². The van der Waals surface area contributed by atoms with Gasteiger partial charge in [0.1, 0.15) is 5.60 Å². The second kappa shape index (κ2) is 14.3. The Hall–Kier alpha value is -2.74. The highest BCUT2D eigenvalue weighted by Crippen LogP contribution is 2.31. The van der Waals surface area contributed by atoms with E-state index in [0.717, 1.165) is 36.4 Å². The molecule has 0 aliphatic rings.